The average molecular weight is 165 g/mol. The topological polar surface area (TPSA) is 43.8 Å². The lowest BCUT2D eigenvalue weighted by atomic mass is 9.92. The van der Waals surface area contributed by atoms with Crippen LogP contribution in [0.5, 0.6) is 0 Å². The minimum Gasteiger partial charge on any atom is -0.321 e. The van der Waals surface area contributed by atoms with E-state index in [0.29, 0.717) is 0 Å². The van der Waals surface area contributed by atoms with E-state index in [4.69, 9.17) is 5.73 Å². The largest absolute Gasteiger partial charge is 0.321 e. The molecule has 0 aliphatic heterocycles. The van der Waals surface area contributed by atoms with E-state index < -0.39 is 0 Å². The number of hydrogen-bond acceptors (Lipinski definition) is 2. The smallest absolute Gasteiger partial charge is 0.0540 e. The van der Waals surface area contributed by atoms with Crippen molar-refractivity contribution in [1.29, 1.82) is 0 Å². The fourth-order valence-electron chi connectivity index (χ4n) is 1.97. The zero-order chi connectivity index (χ0) is 8.60. The van der Waals surface area contributed by atoms with Crippen molar-refractivity contribution in [2.75, 3.05) is 0 Å². The van der Waals surface area contributed by atoms with Crippen molar-refractivity contribution < 1.29 is 0 Å². The lowest BCUT2D eigenvalue weighted by Gasteiger charge is -2.21. The molecule has 0 amide bonds. The number of nitrogens with zero attached hydrogens (tertiary/aromatic N) is 2. The Morgan fingerprint density at radius 1 is 1.50 bits per heavy atom. The second-order valence-electron chi connectivity index (χ2n) is 3.77. The van der Waals surface area contributed by atoms with E-state index in [2.05, 4.69) is 5.10 Å². The van der Waals surface area contributed by atoms with Gasteiger partial charge < -0.3 is 5.73 Å². The molecule has 0 saturated heterocycles. The molecule has 3 heteroatoms. The molecule has 3 nitrogen and oxygen atoms in total. The SMILES string of the molecule is Cn1cc(C2(N)CCCC2)cn1. The van der Waals surface area contributed by atoms with Crippen LogP contribution in [0.3, 0.4) is 0 Å². The predicted molar refractivity (Wildman–Crippen MR) is 47.5 cm³/mol. The summed E-state index contributed by atoms with van der Waals surface area (Å²) in [7, 11) is 1.93. The minimum absolute atomic E-state index is 0.0751. The van der Waals surface area contributed by atoms with Crippen LogP contribution in [0, 0.1) is 0 Å². The number of aromatic nitrogens is 2. The van der Waals surface area contributed by atoms with Crippen LogP contribution in [0.4, 0.5) is 0 Å². The van der Waals surface area contributed by atoms with Gasteiger partial charge in [0, 0.05) is 24.3 Å². The fraction of sp³-hybridized carbons (Fsp3) is 0.667. The summed E-state index contributed by atoms with van der Waals surface area (Å²) in [6.07, 6.45) is 8.66. The maximum atomic E-state index is 6.24. The summed E-state index contributed by atoms with van der Waals surface area (Å²) in [6.45, 7) is 0. The zero-order valence-electron chi connectivity index (χ0n) is 7.45. The van der Waals surface area contributed by atoms with Gasteiger partial charge in [0.05, 0.1) is 6.20 Å². The highest BCUT2D eigenvalue weighted by molar-refractivity contribution is 5.18. The van der Waals surface area contributed by atoms with Crippen molar-refractivity contribution in [3.05, 3.63) is 18.0 Å². The van der Waals surface area contributed by atoms with Crippen LogP contribution in [0.2, 0.25) is 0 Å². The Balaban J connectivity index is 2.28. The molecule has 0 aromatic carbocycles. The third-order valence-electron chi connectivity index (χ3n) is 2.78. The first kappa shape index (κ1) is 7.80. The first-order valence-electron chi connectivity index (χ1n) is 4.49. The van der Waals surface area contributed by atoms with E-state index in [1.54, 1.807) is 0 Å². The molecule has 0 unspecified atom stereocenters. The summed E-state index contributed by atoms with van der Waals surface area (Å²) in [5.74, 6) is 0. The van der Waals surface area contributed by atoms with Gasteiger partial charge in [0.2, 0.25) is 0 Å². The molecule has 2 N–H and O–H groups in total. The van der Waals surface area contributed by atoms with Crippen LogP contribution in [0.25, 0.3) is 0 Å². The van der Waals surface area contributed by atoms with Gasteiger partial charge in [-0.3, -0.25) is 4.68 Å². The van der Waals surface area contributed by atoms with Crippen LogP contribution in [-0.2, 0) is 12.6 Å². The highest BCUT2D eigenvalue weighted by Gasteiger charge is 2.31. The van der Waals surface area contributed by atoms with Gasteiger partial charge >= 0.3 is 0 Å². The maximum Gasteiger partial charge on any atom is 0.0540 e. The van der Waals surface area contributed by atoms with Crippen molar-refractivity contribution in [2.45, 2.75) is 31.2 Å². The molecule has 1 fully saturated rings. The number of aryl methyl sites for hydroxylation is 1. The van der Waals surface area contributed by atoms with Crippen LogP contribution in [0.15, 0.2) is 12.4 Å². The fourth-order valence-corrected chi connectivity index (χ4v) is 1.97. The van der Waals surface area contributed by atoms with E-state index in [-0.39, 0.29) is 5.54 Å². The van der Waals surface area contributed by atoms with Crippen LogP contribution in [-0.4, -0.2) is 9.78 Å². The Hall–Kier alpha value is -0.830. The van der Waals surface area contributed by atoms with E-state index in [1.807, 2.05) is 24.1 Å². The number of rotatable bonds is 1. The third-order valence-corrected chi connectivity index (χ3v) is 2.78. The van der Waals surface area contributed by atoms with Gasteiger partial charge in [-0.05, 0) is 12.8 Å². The first-order chi connectivity index (χ1) is 5.71. The molecule has 0 bridgehead atoms. The lowest BCUT2D eigenvalue weighted by molar-refractivity contribution is 0.461. The Morgan fingerprint density at radius 2 is 2.17 bits per heavy atom. The van der Waals surface area contributed by atoms with Gasteiger partial charge in [0.15, 0.2) is 0 Å². The first-order valence-corrected chi connectivity index (χ1v) is 4.49. The Labute approximate surface area is 72.6 Å². The molecule has 66 valence electrons. The normalized spacial score (nSPS) is 21.5. The summed E-state index contributed by atoms with van der Waals surface area (Å²) >= 11 is 0. The molecule has 1 aromatic heterocycles. The molecule has 1 heterocycles. The van der Waals surface area contributed by atoms with E-state index in [9.17, 15) is 0 Å². The molecular formula is C9H15N3. The second kappa shape index (κ2) is 2.59. The molecular weight excluding hydrogens is 150 g/mol. The van der Waals surface area contributed by atoms with Gasteiger partial charge in [-0.25, -0.2) is 0 Å². The Kier molecular flexibility index (Phi) is 1.68. The third kappa shape index (κ3) is 1.14. The van der Waals surface area contributed by atoms with Crippen molar-refractivity contribution in [2.24, 2.45) is 12.8 Å². The summed E-state index contributed by atoms with van der Waals surface area (Å²) < 4.78 is 1.82. The molecule has 1 saturated carbocycles. The van der Waals surface area contributed by atoms with Crippen LogP contribution in [0.1, 0.15) is 31.2 Å². The van der Waals surface area contributed by atoms with Crippen LogP contribution >= 0.6 is 0 Å². The van der Waals surface area contributed by atoms with Gasteiger partial charge in [-0.1, -0.05) is 12.8 Å². The Morgan fingerprint density at radius 3 is 2.67 bits per heavy atom. The van der Waals surface area contributed by atoms with Crippen molar-refractivity contribution in [3.63, 3.8) is 0 Å². The van der Waals surface area contributed by atoms with Crippen molar-refractivity contribution in [3.8, 4) is 0 Å². The van der Waals surface area contributed by atoms with Gasteiger partial charge in [-0.2, -0.15) is 5.10 Å². The lowest BCUT2D eigenvalue weighted by Crippen LogP contribution is -2.32. The predicted octanol–water partition coefficient (Wildman–Crippen LogP) is 1.15. The maximum absolute atomic E-state index is 6.24. The molecule has 2 rings (SSSR count). The number of nitrogens with two attached hydrogens (primary N) is 1. The van der Waals surface area contributed by atoms with Gasteiger partial charge in [-0.15, -0.1) is 0 Å². The summed E-state index contributed by atoms with van der Waals surface area (Å²) in [5, 5.41) is 4.14. The molecule has 0 spiro atoms. The standard InChI is InChI=1S/C9H15N3/c1-12-7-8(6-11-12)9(10)4-2-3-5-9/h6-7H,2-5,10H2,1H3. The van der Waals surface area contributed by atoms with E-state index in [0.717, 1.165) is 12.8 Å². The molecule has 12 heavy (non-hydrogen) atoms. The number of hydrogen-bond donors (Lipinski definition) is 1. The highest BCUT2D eigenvalue weighted by Crippen LogP contribution is 2.35. The molecule has 0 atom stereocenters. The second-order valence-corrected chi connectivity index (χ2v) is 3.77. The van der Waals surface area contributed by atoms with E-state index in [1.165, 1.54) is 18.4 Å². The molecule has 0 radical (unpaired) electrons. The Bertz CT molecular complexity index is 271. The van der Waals surface area contributed by atoms with Gasteiger partial charge in [0.1, 0.15) is 0 Å². The molecule has 1 aliphatic rings. The zero-order valence-corrected chi connectivity index (χ0v) is 7.45. The van der Waals surface area contributed by atoms with Crippen LogP contribution < -0.4 is 5.73 Å². The summed E-state index contributed by atoms with van der Waals surface area (Å²) in [5.41, 5.74) is 7.36. The highest BCUT2D eigenvalue weighted by atomic mass is 15.2. The molecule has 1 aliphatic carbocycles. The molecule has 1 aromatic rings. The van der Waals surface area contributed by atoms with Crippen molar-refractivity contribution >= 4 is 0 Å². The average Bonchev–Trinajstić information content (AvgIpc) is 2.59. The summed E-state index contributed by atoms with van der Waals surface area (Å²) in [4.78, 5) is 0. The van der Waals surface area contributed by atoms with E-state index >= 15 is 0 Å². The monoisotopic (exact) mass is 165 g/mol. The van der Waals surface area contributed by atoms with Gasteiger partial charge in [0.25, 0.3) is 0 Å². The quantitative estimate of drug-likeness (QED) is 0.678. The minimum atomic E-state index is -0.0751. The van der Waals surface area contributed by atoms with Crippen molar-refractivity contribution in [1.82, 2.24) is 9.78 Å². The summed E-state index contributed by atoms with van der Waals surface area (Å²) in [6, 6.07) is 0.